The van der Waals surface area contributed by atoms with Crippen molar-refractivity contribution >= 4 is 15.9 Å². The van der Waals surface area contributed by atoms with Crippen LogP contribution in [0.5, 0.6) is 0 Å². The van der Waals surface area contributed by atoms with Gasteiger partial charge < -0.3 is 5.32 Å². The molecule has 4 heteroatoms. The largest absolute Gasteiger partial charge is 0.314 e. The lowest BCUT2D eigenvalue weighted by molar-refractivity contribution is 0.262. The second-order valence-corrected chi connectivity index (χ2v) is 7.10. The van der Waals surface area contributed by atoms with Gasteiger partial charge in [0.15, 0.2) is 0 Å². The lowest BCUT2D eigenvalue weighted by atomic mass is 9.79. The fourth-order valence-corrected chi connectivity index (χ4v) is 3.44. The zero-order valence-corrected chi connectivity index (χ0v) is 13.7. The Morgan fingerprint density at radius 3 is 2.50 bits per heavy atom. The average molecular weight is 346 g/mol. The van der Waals surface area contributed by atoms with Crippen LogP contribution in [-0.4, -0.2) is 12.6 Å². The maximum absolute atomic E-state index is 14.2. The molecule has 1 saturated carbocycles. The van der Waals surface area contributed by atoms with E-state index in [4.69, 9.17) is 0 Å². The molecular weight excluding hydrogens is 324 g/mol. The zero-order chi connectivity index (χ0) is 14.8. The van der Waals surface area contributed by atoms with Crippen LogP contribution < -0.4 is 5.32 Å². The lowest BCUT2D eigenvalue weighted by Crippen LogP contribution is -2.37. The summed E-state index contributed by atoms with van der Waals surface area (Å²) in [5.74, 6) is -0.873. The van der Waals surface area contributed by atoms with E-state index < -0.39 is 11.6 Å². The van der Waals surface area contributed by atoms with Gasteiger partial charge in [0.2, 0.25) is 0 Å². The van der Waals surface area contributed by atoms with E-state index in [0.717, 1.165) is 32.2 Å². The molecule has 0 radical (unpaired) electrons. The van der Waals surface area contributed by atoms with Gasteiger partial charge >= 0.3 is 0 Å². The summed E-state index contributed by atoms with van der Waals surface area (Å²) in [5, 5.41) is 3.45. The van der Waals surface area contributed by atoms with Gasteiger partial charge in [-0.05, 0) is 52.7 Å². The summed E-state index contributed by atoms with van der Waals surface area (Å²) in [6.07, 6.45) is 4.86. The van der Waals surface area contributed by atoms with Crippen LogP contribution in [0.3, 0.4) is 0 Å². The third-order valence-corrected chi connectivity index (χ3v) is 4.85. The molecule has 0 unspecified atom stereocenters. The van der Waals surface area contributed by atoms with Crippen LogP contribution in [0.25, 0.3) is 0 Å². The van der Waals surface area contributed by atoms with Crippen molar-refractivity contribution in [2.45, 2.75) is 52.0 Å². The quantitative estimate of drug-likeness (QED) is 0.753. The molecule has 112 valence electrons. The molecule has 0 heterocycles. The summed E-state index contributed by atoms with van der Waals surface area (Å²) in [5.41, 5.74) is 0.221. The molecule has 1 aromatic rings. The molecule has 1 aromatic carbocycles. The van der Waals surface area contributed by atoms with E-state index in [1.54, 1.807) is 0 Å². The van der Waals surface area contributed by atoms with Crippen LogP contribution in [0.4, 0.5) is 8.78 Å². The smallest absolute Gasteiger partial charge is 0.143 e. The minimum absolute atomic E-state index is 0.00720. The van der Waals surface area contributed by atoms with E-state index in [1.807, 2.05) is 0 Å². The molecule has 1 fully saturated rings. The van der Waals surface area contributed by atoms with E-state index in [1.165, 1.54) is 12.1 Å². The van der Waals surface area contributed by atoms with Crippen LogP contribution in [0.2, 0.25) is 0 Å². The summed E-state index contributed by atoms with van der Waals surface area (Å²) in [6, 6.07) is 3.17. The summed E-state index contributed by atoms with van der Waals surface area (Å²) in [7, 11) is 0. The van der Waals surface area contributed by atoms with Crippen molar-refractivity contribution in [1.29, 1.82) is 0 Å². The number of hydrogen-bond donors (Lipinski definition) is 1. The molecule has 0 bridgehead atoms. The molecule has 0 amide bonds. The van der Waals surface area contributed by atoms with Gasteiger partial charge in [-0.3, -0.25) is 0 Å². The van der Waals surface area contributed by atoms with Crippen molar-refractivity contribution in [2.24, 2.45) is 5.41 Å². The van der Waals surface area contributed by atoms with Crippen molar-refractivity contribution in [3.05, 3.63) is 33.8 Å². The Kier molecular flexibility index (Phi) is 5.19. The molecule has 1 aliphatic carbocycles. The van der Waals surface area contributed by atoms with Gasteiger partial charge in [-0.15, -0.1) is 0 Å². The average Bonchev–Trinajstić information content (AvgIpc) is 2.86. The highest BCUT2D eigenvalue weighted by atomic mass is 79.9. The van der Waals surface area contributed by atoms with Gasteiger partial charge in [0.1, 0.15) is 11.6 Å². The molecule has 2 rings (SSSR count). The molecule has 1 aliphatic rings. The molecule has 1 nitrogen and oxygen atoms in total. The number of nitrogens with one attached hydrogen (secondary N) is 1. The zero-order valence-electron chi connectivity index (χ0n) is 12.1. The van der Waals surface area contributed by atoms with E-state index in [-0.39, 0.29) is 11.0 Å². The van der Waals surface area contributed by atoms with Crippen LogP contribution in [0, 0.1) is 17.0 Å². The van der Waals surface area contributed by atoms with E-state index in [9.17, 15) is 8.78 Å². The van der Waals surface area contributed by atoms with Crippen LogP contribution in [-0.2, 0) is 6.42 Å². The molecule has 0 aliphatic heterocycles. The van der Waals surface area contributed by atoms with Crippen molar-refractivity contribution in [1.82, 2.24) is 5.32 Å². The van der Waals surface area contributed by atoms with Crippen molar-refractivity contribution in [2.75, 3.05) is 6.54 Å². The molecule has 0 saturated heterocycles. The van der Waals surface area contributed by atoms with Crippen molar-refractivity contribution < 1.29 is 8.78 Å². The Labute approximate surface area is 128 Å². The monoisotopic (exact) mass is 345 g/mol. The molecule has 0 aromatic heterocycles. The first kappa shape index (κ1) is 15.9. The topological polar surface area (TPSA) is 12.0 Å². The standard InChI is InChI=1S/C16H22BrF2N/c1-11(2)20-10-16(7-3-4-8-16)9-12-14(18)6-5-13(17)15(12)19/h5-6,11,20H,3-4,7-10H2,1-2H3. The molecule has 0 spiro atoms. The molecule has 20 heavy (non-hydrogen) atoms. The van der Waals surface area contributed by atoms with Gasteiger partial charge in [0, 0.05) is 18.2 Å². The van der Waals surface area contributed by atoms with Crippen LogP contribution >= 0.6 is 15.9 Å². The minimum Gasteiger partial charge on any atom is -0.314 e. The highest BCUT2D eigenvalue weighted by molar-refractivity contribution is 9.10. The number of rotatable bonds is 5. The molecular formula is C16H22BrF2N. The minimum atomic E-state index is -0.444. The van der Waals surface area contributed by atoms with E-state index >= 15 is 0 Å². The van der Waals surface area contributed by atoms with Crippen LogP contribution in [0.1, 0.15) is 45.1 Å². The predicted octanol–water partition coefficient (Wildman–Crippen LogP) is 4.83. The number of hydrogen-bond acceptors (Lipinski definition) is 1. The van der Waals surface area contributed by atoms with Gasteiger partial charge in [-0.2, -0.15) is 0 Å². The third kappa shape index (κ3) is 3.59. The second kappa shape index (κ2) is 6.52. The second-order valence-electron chi connectivity index (χ2n) is 6.24. The van der Waals surface area contributed by atoms with Crippen LogP contribution in [0.15, 0.2) is 16.6 Å². The first-order chi connectivity index (χ1) is 9.43. The Hall–Kier alpha value is -0.480. The third-order valence-electron chi connectivity index (χ3n) is 4.24. The number of benzene rings is 1. The van der Waals surface area contributed by atoms with Gasteiger partial charge in [0.05, 0.1) is 4.47 Å². The molecule has 0 atom stereocenters. The Morgan fingerprint density at radius 2 is 1.90 bits per heavy atom. The fourth-order valence-electron chi connectivity index (χ4n) is 3.07. The maximum Gasteiger partial charge on any atom is 0.143 e. The Morgan fingerprint density at radius 1 is 1.25 bits per heavy atom. The van der Waals surface area contributed by atoms with Gasteiger partial charge in [-0.1, -0.05) is 26.7 Å². The Balaban J connectivity index is 2.22. The normalized spacial score (nSPS) is 17.9. The predicted molar refractivity (Wildman–Crippen MR) is 81.8 cm³/mol. The Bertz CT molecular complexity index is 468. The highest BCUT2D eigenvalue weighted by Crippen LogP contribution is 2.42. The summed E-state index contributed by atoms with van der Waals surface area (Å²) in [6.45, 7) is 5.03. The first-order valence-electron chi connectivity index (χ1n) is 7.29. The summed E-state index contributed by atoms with van der Waals surface area (Å²) < 4.78 is 28.5. The van der Waals surface area contributed by atoms with Crippen molar-refractivity contribution in [3.63, 3.8) is 0 Å². The van der Waals surface area contributed by atoms with E-state index in [2.05, 4.69) is 35.1 Å². The highest BCUT2D eigenvalue weighted by Gasteiger charge is 2.35. The SMILES string of the molecule is CC(C)NCC1(Cc2c(F)ccc(Br)c2F)CCCC1. The molecule has 1 N–H and O–H groups in total. The van der Waals surface area contributed by atoms with Gasteiger partial charge in [-0.25, -0.2) is 8.78 Å². The number of halogens is 3. The van der Waals surface area contributed by atoms with E-state index in [0.29, 0.717) is 16.9 Å². The maximum atomic E-state index is 14.2. The van der Waals surface area contributed by atoms with Crippen molar-refractivity contribution in [3.8, 4) is 0 Å². The lowest BCUT2D eigenvalue weighted by Gasteiger charge is -2.31. The fraction of sp³-hybridized carbons (Fsp3) is 0.625. The summed E-state index contributed by atoms with van der Waals surface area (Å²) >= 11 is 3.15. The van der Waals surface area contributed by atoms with Gasteiger partial charge in [0.25, 0.3) is 0 Å². The summed E-state index contributed by atoms with van der Waals surface area (Å²) in [4.78, 5) is 0. The first-order valence-corrected chi connectivity index (χ1v) is 8.09.